The molecular weight excluding hydrogens is 305 g/mol. The second kappa shape index (κ2) is 6.15. The summed E-state index contributed by atoms with van der Waals surface area (Å²) in [6, 6.07) is 7.18. The SMILES string of the molecule is CC(Cn1c(CCCl)nc2cc(Cl)ccc21)N(C)C1CC1. The van der Waals surface area contributed by atoms with Gasteiger partial charge in [-0.25, -0.2) is 4.98 Å². The van der Waals surface area contributed by atoms with Crippen LogP contribution in [0, 0.1) is 0 Å². The minimum Gasteiger partial charge on any atom is -0.326 e. The molecule has 0 amide bonds. The number of alkyl halides is 1. The van der Waals surface area contributed by atoms with Crippen molar-refractivity contribution in [2.45, 2.75) is 44.8 Å². The fraction of sp³-hybridized carbons (Fsp3) is 0.562. The third kappa shape index (κ3) is 3.20. The minimum atomic E-state index is 0.486. The molecule has 0 saturated heterocycles. The summed E-state index contributed by atoms with van der Waals surface area (Å²) in [7, 11) is 2.22. The van der Waals surface area contributed by atoms with Gasteiger partial charge in [-0.2, -0.15) is 0 Å². The van der Waals surface area contributed by atoms with Gasteiger partial charge in [0.05, 0.1) is 11.0 Å². The first-order valence-electron chi connectivity index (χ1n) is 7.52. The van der Waals surface area contributed by atoms with E-state index in [1.165, 1.54) is 12.8 Å². The maximum atomic E-state index is 6.08. The van der Waals surface area contributed by atoms with E-state index in [1.54, 1.807) is 0 Å². The number of fused-ring (bicyclic) bond motifs is 1. The summed E-state index contributed by atoms with van der Waals surface area (Å²) in [6.45, 7) is 3.22. The normalized spacial score (nSPS) is 16.8. The lowest BCUT2D eigenvalue weighted by Crippen LogP contribution is -2.34. The Morgan fingerprint density at radius 3 is 2.86 bits per heavy atom. The summed E-state index contributed by atoms with van der Waals surface area (Å²) in [4.78, 5) is 7.19. The molecule has 0 bridgehead atoms. The van der Waals surface area contributed by atoms with Crippen molar-refractivity contribution in [1.29, 1.82) is 0 Å². The van der Waals surface area contributed by atoms with Crippen LogP contribution >= 0.6 is 23.2 Å². The Bertz CT molecular complexity index is 634. The van der Waals surface area contributed by atoms with Gasteiger partial charge in [-0.3, -0.25) is 4.90 Å². The van der Waals surface area contributed by atoms with Crippen LogP contribution in [0.2, 0.25) is 5.02 Å². The molecule has 3 rings (SSSR count). The van der Waals surface area contributed by atoms with Crippen LogP contribution in [0.4, 0.5) is 0 Å². The van der Waals surface area contributed by atoms with Crippen molar-refractivity contribution in [3.8, 4) is 0 Å². The van der Waals surface area contributed by atoms with Crippen LogP contribution in [0.25, 0.3) is 11.0 Å². The molecule has 0 radical (unpaired) electrons. The van der Waals surface area contributed by atoms with Crippen LogP contribution in [-0.2, 0) is 13.0 Å². The topological polar surface area (TPSA) is 21.1 Å². The summed E-state index contributed by atoms with van der Waals surface area (Å²) in [5, 5.41) is 0.729. The Hall–Kier alpha value is -0.770. The number of halogens is 2. The molecule has 1 aromatic heterocycles. The number of aromatic nitrogens is 2. The molecule has 0 N–H and O–H groups in total. The van der Waals surface area contributed by atoms with E-state index >= 15 is 0 Å². The van der Waals surface area contributed by atoms with Gasteiger partial charge >= 0.3 is 0 Å². The molecule has 1 aromatic carbocycles. The van der Waals surface area contributed by atoms with E-state index in [4.69, 9.17) is 28.2 Å². The van der Waals surface area contributed by atoms with Gasteiger partial charge in [-0.15, -0.1) is 11.6 Å². The predicted molar refractivity (Wildman–Crippen MR) is 89.4 cm³/mol. The number of hydrogen-bond donors (Lipinski definition) is 0. The molecule has 1 atom stereocenters. The lowest BCUT2D eigenvalue weighted by Gasteiger charge is -2.25. The maximum Gasteiger partial charge on any atom is 0.111 e. The van der Waals surface area contributed by atoms with E-state index in [-0.39, 0.29) is 0 Å². The first kappa shape index (κ1) is 15.1. The molecule has 2 aromatic rings. The van der Waals surface area contributed by atoms with Crippen LogP contribution in [0.15, 0.2) is 18.2 Å². The van der Waals surface area contributed by atoms with Gasteiger partial charge in [0.25, 0.3) is 0 Å². The quantitative estimate of drug-likeness (QED) is 0.750. The molecule has 1 aliphatic carbocycles. The van der Waals surface area contributed by atoms with Gasteiger partial charge in [-0.1, -0.05) is 11.6 Å². The molecule has 21 heavy (non-hydrogen) atoms. The Kier molecular flexibility index (Phi) is 4.43. The highest BCUT2D eigenvalue weighted by Gasteiger charge is 2.29. The molecule has 0 aliphatic heterocycles. The highest BCUT2D eigenvalue weighted by atomic mass is 35.5. The van der Waals surface area contributed by atoms with Gasteiger partial charge in [0.1, 0.15) is 5.82 Å². The molecule has 0 spiro atoms. The highest BCUT2D eigenvalue weighted by molar-refractivity contribution is 6.31. The Balaban J connectivity index is 1.92. The summed E-state index contributed by atoms with van der Waals surface area (Å²) < 4.78 is 2.30. The summed E-state index contributed by atoms with van der Waals surface area (Å²) in [5.74, 6) is 1.64. The first-order valence-corrected chi connectivity index (χ1v) is 8.44. The molecule has 1 aliphatic rings. The Labute approximate surface area is 135 Å². The third-order valence-corrected chi connectivity index (χ3v) is 4.80. The van der Waals surface area contributed by atoms with E-state index in [2.05, 4.69) is 29.5 Å². The average Bonchev–Trinajstić information content (AvgIpc) is 3.24. The number of likely N-dealkylation sites (N-methyl/N-ethyl adjacent to an activating group) is 1. The van der Waals surface area contributed by atoms with Gasteiger partial charge < -0.3 is 4.57 Å². The average molecular weight is 326 g/mol. The van der Waals surface area contributed by atoms with E-state index in [1.807, 2.05) is 12.1 Å². The number of aryl methyl sites for hydroxylation is 1. The van der Waals surface area contributed by atoms with Gasteiger partial charge in [0.2, 0.25) is 0 Å². The van der Waals surface area contributed by atoms with Crippen molar-refractivity contribution in [3.63, 3.8) is 0 Å². The lowest BCUT2D eigenvalue weighted by atomic mass is 10.2. The van der Waals surface area contributed by atoms with Crippen molar-refractivity contribution in [3.05, 3.63) is 29.0 Å². The first-order chi connectivity index (χ1) is 10.1. The van der Waals surface area contributed by atoms with Crippen LogP contribution in [0.1, 0.15) is 25.6 Å². The van der Waals surface area contributed by atoms with Crippen molar-refractivity contribution in [2.24, 2.45) is 0 Å². The van der Waals surface area contributed by atoms with Gasteiger partial charge in [-0.05, 0) is 45.0 Å². The monoisotopic (exact) mass is 325 g/mol. The number of rotatable bonds is 6. The fourth-order valence-corrected chi connectivity index (χ4v) is 3.20. The second-order valence-electron chi connectivity index (χ2n) is 5.96. The van der Waals surface area contributed by atoms with Gasteiger partial charge in [0.15, 0.2) is 0 Å². The predicted octanol–water partition coefficient (Wildman–Crippen LogP) is 3.95. The minimum absolute atomic E-state index is 0.486. The van der Waals surface area contributed by atoms with Crippen molar-refractivity contribution < 1.29 is 0 Å². The molecule has 5 heteroatoms. The van der Waals surface area contributed by atoms with Crippen LogP contribution in [0.3, 0.4) is 0 Å². The van der Waals surface area contributed by atoms with Crippen molar-refractivity contribution in [2.75, 3.05) is 12.9 Å². The number of imidazole rings is 1. The van der Waals surface area contributed by atoms with E-state index < -0.39 is 0 Å². The van der Waals surface area contributed by atoms with Crippen molar-refractivity contribution >= 4 is 34.2 Å². The largest absolute Gasteiger partial charge is 0.326 e. The lowest BCUT2D eigenvalue weighted by molar-refractivity contribution is 0.226. The molecule has 3 nitrogen and oxygen atoms in total. The second-order valence-corrected chi connectivity index (χ2v) is 6.77. The molecule has 114 valence electrons. The maximum absolute atomic E-state index is 6.08. The zero-order valence-corrected chi connectivity index (χ0v) is 14.0. The van der Waals surface area contributed by atoms with Gasteiger partial charge in [0, 0.05) is 36.0 Å². The van der Waals surface area contributed by atoms with E-state index in [9.17, 15) is 0 Å². The molecule has 1 heterocycles. The van der Waals surface area contributed by atoms with Crippen LogP contribution in [-0.4, -0.2) is 39.5 Å². The van der Waals surface area contributed by atoms with Crippen LogP contribution in [0.5, 0.6) is 0 Å². The summed E-state index contributed by atoms with van der Waals surface area (Å²) in [6.07, 6.45) is 3.44. The zero-order valence-electron chi connectivity index (χ0n) is 12.5. The summed E-state index contributed by atoms with van der Waals surface area (Å²) in [5.41, 5.74) is 2.11. The smallest absolute Gasteiger partial charge is 0.111 e. The number of hydrogen-bond acceptors (Lipinski definition) is 2. The molecule has 1 fully saturated rings. The highest BCUT2D eigenvalue weighted by Crippen LogP contribution is 2.28. The fourth-order valence-electron chi connectivity index (χ4n) is 2.87. The number of nitrogens with zero attached hydrogens (tertiary/aromatic N) is 3. The Morgan fingerprint density at radius 1 is 1.43 bits per heavy atom. The zero-order chi connectivity index (χ0) is 15.0. The standard InChI is InChI=1S/C16H21Cl2N3/c1-11(20(2)13-4-5-13)10-21-15-6-3-12(18)9-14(15)19-16(21)7-8-17/h3,6,9,11,13H,4-5,7-8,10H2,1-2H3. The molecule has 1 unspecified atom stereocenters. The Morgan fingerprint density at radius 2 is 2.19 bits per heavy atom. The van der Waals surface area contributed by atoms with Crippen LogP contribution < -0.4 is 0 Å². The molecule has 1 saturated carbocycles. The third-order valence-electron chi connectivity index (χ3n) is 4.37. The van der Waals surface area contributed by atoms with E-state index in [0.717, 1.165) is 40.9 Å². The number of benzene rings is 1. The van der Waals surface area contributed by atoms with E-state index in [0.29, 0.717) is 11.9 Å². The molecular formula is C16H21Cl2N3. The summed E-state index contributed by atoms with van der Waals surface area (Å²) >= 11 is 12.0. The van der Waals surface area contributed by atoms with Crippen molar-refractivity contribution in [1.82, 2.24) is 14.5 Å².